The SMILES string of the molecule is O=I(=O)c1ccc(-c2ccccc2)cc1S(=O)(=O)O. The average molecular weight is 392 g/mol. The zero-order valence-electron chi connectivity index (χ0n) is 9.49. The molecule has 1 N–H and O–H groups in total. The van der Waals surface area contributed by atoms with E-state index in [1.807, 2.05) is 0 Å². The lowest BCUT2D eigenvalue weighted by atomic mass is 10.1. The summed E-state index contributed by atoms with van der Waals surface area (Å²) in [5, 5.41) is 0. The van der Waals surface area contributed by atoms with Crippen LogP contribution in [0.4, 0.5) is 0 Å². The Morgan fingerprint density at radius 1 is 0.895 bits per heavy atom. The largest absolute Gasteiger partial charge is 0.342 e. The number of hydrogen-bond donors (Lipinski definition) is 1. The first-order chi connectivity index (χ1) is 8.89. The van der Waals surface area contributed by atoms with E-state index >= 15 is 0 Å². The first-order valence-corrected chi connectivity index (χ1v) is 9.40. The fraction of sp³-hybridized carbons (Fsp3) is 0. The fourth-order valence-corrected chi connectivity index (χ4v) is 4.55. The van der Waals surface area contributed by atoms with Crippen molar-refractivity contribution in [3.8, 4) is 11.1 Å². The van der Waals surface area contributed by atoms with Crippen LogP contribution in [-0.2, 0) is 16.3 Å². The van der Waals surface area contributed by atoms with Crippen molar-refractivity contribution in [2.24, 2.45) is 0 Å². The smallest absolute Gasteiger partial charge is 0.282 e. The molecule has 2 aromatic rings. The normalized spacial score (nSPS) is 11.7. The van der Waals surface area contributed by atoms with Gasteiger partial charge in [-0.05, 0) is 23.3 Å². The van der Waals surface area contributed by atoms with Crippen LogP contribution >= 0.6 is 19.8 Å². The molecule has 0 aromatic heterocycles. The second-order valence-electron chi connectivity index (χ2n) is 3.70. The van der Waals surface area contributed by atoms with E-state index in [0.717, 1.165) is 5.56 Å². The minimum absolute atomic E-state index is 0.327. The van der Waals surface area contributed by atoms with Crippen LogP contribution in [0.2, 0.25) is 0 Å². The van der Waals surface area contributed by atoms with Gasteiger partial charge in [-0.3, -0.25) is 4.55 Å². The maximum absolute atomic E-state index is 11.2. The maximum atomic E-state index is 11.2. The molecule has 5 nitrogen and oxygen atoms in total. The Balaban J connectivity index is 2.70. The molecule has 0 aliphatic heterocycles. The molecule has 0 radical (unpaired) electrons. The molecular formula is C12H9IO5S. The molecule has 2 aromatic carbocycles. The van der Waals surface area contributed by atoms with Crippen molar-refractivity contribution in [2.45, 2.75) is 4.90 Å². The predicted molar refractivity (Wildman–Crippen MR) is 75.8 cm³/mol. The Hall–Kier alpha value is -1.32. The third-order valence-electron chi connectivity index (χ3n) is 2.48. The number of halogens is 1. The monoisotopic (exact) mass is 392 g/mol. The maximum Gasteiger partial charge on any atom is 0.342 e. The summed E-state index contributed by atoms with van der Waals surface area (Å²) < 4.78 is 53.4. The van der Waals surface area contributed by atoms with Crippen LogP contribution < -0.4 is 0 Å². The van der Waals surface area contributed by atoms with Gasteiger partial charge in [0.2, 0.25) is 0 Å². The summed E-state index contributed by atoms with van der Waals surface area (Å²) in [6.45, 7) is 0. The van der Waals surface area contributed by atoms with E-state index in [0.29, 0.717) is 5.56 Å². The number of rotatable bonds is 3. The van der Waals surface area contributed by atoms with E-state index < -0.39 is 34.8 Å². The molecule has 0 unspecified atom stereocenters. The molecule has 7 heteroatoms. The predicted octanol–water partition coefficient (Wildman–Crippen LogP) is 2.97. The zero-order valence-corrected chi connectivity index (χ0v) is 12.5. The van der Waals surface area contributed by atoms with Crippen molar-refractivity contribution in [1.82, 2.24) is 0 Å². The van der Waals surface area contributed by atoms with Crippen molar-refractivity contribution in [1.29, 1.82) is 0 Å². The summed E-state index contributed by atoms with van der Waals surface area (Å²) in [4.78, 5) is -0.566. The molecule has 0 amide bonds. The van der Waals surface area contributed by atoms with Gasteiger partial charge < -0.3 is 0 Å². The molecule has 2 rings (SSSR count). The summed E-state index contributed by atoms with van der Waals surface area (Å²) in [6.07, 6.45) is 0. The Morgan fingerprint density at radius 2 is 1.53 bits per heavy atom. The van der Waals surface area contributed by atoms with Gasteiger partial charge in [0.15, 0.2) is 0 Å². The van der Waals surface area contributed by atoms with Crippen molar-refractivity contribution < 1.29 is 19.1 Å². The van der Waals surface area contributed by atoms with Crippen molar-refractivity contribution in [3.05, 3.63) is 52.1 Å². The van der Waals surface area contributed by atoms with E-state index in [1.54, 1.807) is 30.3 Å². The third-order valence-corrected chi connectivity index (χ3v) is 5.63. The average Bonchev–Trinajstić information content (AvgIpc) is 2.38. The zero-order chi connectivity index (χ0) is 14.0. The summed E-state index contributed by atoms with van der Waals surface area (Å²) in [7, 11) is -4.57. The van der Waals surface area contributed by atoms with Crippen LogP contribution in [0.15, 0.2) is 53.4 Å². The minimum Gasteiger partial charge on any atom is -0.282 e. The fourth-order valence-electron chi connectivity index (χ4n) is 1.64. The second-order valence-corrected chi connectivity index (χ2v) is 7.50. The molecule has 0 saturated heterocycles. The van der Waals surface area contributed by atoms with Crippen LogP contribution in [-0.4, -0.2) is 13.0 Å². The van der Waals surface area contributed by atoms with E-state index in [9.17, 15) is 14.6 Å². The van der Waals surface area contributed by atoms with Crippen LogP contribution in [0.5, 0.6) is 0 Å². The van der Waals surface area contributed by atoms with Gasteiger partial charge in [0.1, 0.15) is 4.90 Å². The molecule has 0 aliphatic rings. The van der Waals surface area contributed by atoms with E-state index in [1.165, 1.54) is 18.2 Å². The Morgan fingerprint density at radius 3 is 2.05 bits per heavy atom. The Labute approximate surface area is 117 Å². The minimum atomic E-state index is -4.57. The second kappa shape index (κ2) is 5.35. The number of hydrogen-bond acceptors (Lipinski definition) is 4. The van der Waals surface area contributed by atoms with Crippen LogP contribution in [0, 0.1) is 3.57 Å². The molecular weight excluding hydrogens is 383 g/mol. The number of benzene rings is 2. The molecule has 100 valence electrons. The van der Waals surface area contributed by atoms with Crippen LogP contribution in [0.25, 0.3) is 11.1 Å². The van der Waals surface area contributed by atoms with Crippen LogP contribution in [0.3, 0.4) is 0 Å². The highest BCUT2D eigenvalue weighted by molar-refractivity contribution is 14.2. The van der Waals surface area contributed by atoms with Crippen LogP contribution in [0.1, 0.15) is 0 Å². The molecule has 0 aliphatic carbocycles. The highest BCUT2D eigenvalue weighted by atomic mass is 127. The molecule has 0 saturated carbocycles. The molecule has 0 bridgehead atoms. The van der Waals surface area contributed by atoms with Gasteiger partial charge in [-0.15, -0.1) is 0 Å². The van der Waals surface area contributed by atoms with Crippen molar-refractivity contribution >= 4 is 29.9 Å². The third kappa shape index (κ3) is 3.17. The van der Waals surface area contributed by atoms with Gasteiger partial charge in [-0.25, -0.2) is 6.14 Å². The quantitative estimate of drug-likeness (QED) is 0.641. The first-order valence-electron chi connectivity index (χ1n) is 5.12. The Bertz CT molecular complexity index is 771. The van der Waals surface area contributed by atoms with Gasteiger partial charge in [-0.1, -0.05) is 36.4 Å². The lowest BCUT2D eigenvalue weighted by molar-refractivity contribution is 0.482. The molecule has 0 spiro atoms. The summed E-state index contributed by atoms with van der Waals surface area (Å²) >= 11 is -3.99. The van der Waals surface area contributed by atoms with Gasteiger partial charge in [-0.2, -0.15) is 8.42 Å². The van der Waals surface area contributed by atoms with Crippen molar-refractivity contribution in [2.75, 3.05) is 0 Å². The van der Waals surface area contributed by atoms with Crippen molar-refractivity contribution in [3.63, 3.8) is 0 Å². The van der Waals surface area contributed by atoms with Gasteiger partial charge in [0.25, 0.3) is 10.1 Å². The van der Waals surface area contributed by atoms with E-state index in [4.69, 9.17) is 4.55 Å². The summed E-state index contributed by atoms with van der Waals surface area (Å²) in [6, 6.07) is 12.8. The summed E-state index contributed by atoms with van der Waals surface area (Å²) in [5.74, 6) is 0. The topological polar surface area (TPSA) is 88.5 Å². The summed E-state index contributed by atoms with van der Waals surface area (Å²) in [5.41, 5.74) is 1.26. The van der Waals surface area contributed by atoms with E-state index in [2.05, 4.69) is 0 Å². The lowest BCUT2D eigenvalue weighted by Crippen LogP contribution is -2.01. The molecule has 19 heavy (non-hydrogen) atoms. The lowest BCUT2D eigenvalue weighted by Gasteiger charge is -2.05. The van der Waals surface area contributed by atoms with Gasteiger partial charge >= 0.3 is 19.8 Å². The van der Waals surface area contributed by atoms with Gasteiger partial charge in [0, 0.05) is 0 Å². The molecule has 0 heterocycles. The standard InChI is InChI=1S/C12H9IO5S/c14-13(15)11-7-6-10(8-12(11)19(16,17)18)9-4-2-1-3-5-9/h1-8H,(H,16,17,18). The highest BCUT2D eigenvalue weighted by Gasteiger charge is 2.19. The molecule has 0 atom stereocenters. The first kappa shape index (κ1) is 14.1. The Kier molecular flexibility index (Phi) is 3.97. The van der Waals surface area contributed by atoms with Gasteiger partial charge in [0.05, 0.1) is 3.57 Å². The molecule has 0 fully saturated rings. The van der Waals surface area contributed by atoms with E-state index in [-0.39, 0.29) is 3.57 Å². The highest BCUT2D eigenvalue weighted by Crippen LogP contribution is 2.30.